The first kappa shape index (κ1) is 15.0. The summed E-state index contributed by atoms with van der Waals surface area (Å²) >= 11 is 0. The molecule has 1 aliphatic heterocycles. The molecule has 2 rings (SSSR count). The number of hydrogen-bond donors (Lipinski definition) is 1. The van der Waals surface area contributed by atoms with Crippen LogP contribution in [0.25, 0.3) is 0 Å². The Kier molecular flexibility index (Phi) is 5.18. The highest BCUT2D eigenvalue weighted by Gasteiger charge is 2.30. The van der Waals surface area contributed by atoms with Gasteiger partial charge in [0.25, 0.3) is 0 Å². The topological polar surface area (TPSA) is 40.5 Å². The van der Waals surface area contributed by atoms with E-state index in [0.29, 0.717) is 18.5 Å². The third-order valence-electron chi connectivity index (χ3n) is 4.33. The zero-order valence-electron chi connectivity index (χ0n) is 12.5. The first-order valence-corrected chi connectivity index (χ1v) is 7.58. The maximum absolute atomic E-state index is 11.2. The molecule has 0 bridgehead atoms. The fourth-order valence-corrected chi connectivity index (χ4v) is 3.15. The minimum atomic E-state index is -0.642. The number of piperidine rings is 1. The van der Waals surface area contributed by atoms with E-state index in [0.717, 1.165) is 25.8 Å². The maximum Gasteiger partial charge on any atom is 0.307 e. The molecule has 20 heavy (non-hydrogen) atoms. The molecule has 0 spiro atoms. The van der Waals surface area contributed by atoms with Crippen LogP contribution in [-0.4, -0.2) is 35.1 Å². The van der Waals surface area contributed by atoms with Crippen molar-refractivity contribution in [2.45, 2.75) is 39.2 Å². The number of nitrogens with zero attached hydrogens (tertiary/aromatic N) is 1. The number of carboxylic acids is 1. The SMILES string of the molecule is CC(C)C(Cc1ccccc1)N1CCCC(C(=O)O)C1. The lowest BCUT2D eigenvalue weighted by Crippen LogP contribution is -2.47. The molecule has 3 heteroatoms. The highest BCUT2D eigenvalue weighted by atomic mass is 16.4. The van der Waals surface area contributed by atoms with E-state index in [9.17, 15) is 9.90 Å². The van der Waals surface area contributed by atoms with E-state index in [1.165, 1.54) is 5.56 Å². The van der Waals surface area contributed by atoms with Crippen LogP contribution in [0.4, 0.5) is 0 Å². The molecule has 0 saturated carbocycles. The molecule has 1 heterocycles. The van der Waals surface area contributed by atoms with Crippen molar-refractivity contribution in [1.29, 1.82) is 0 Å². The molecule has 0 radical (unpaired) electrons. The summed E-state index contributed by atoms with van der Waals surface area (Å²) in [6.07, 6.45) is 2.82. The van der Waals surface area contributed by atoms with Crippen LogP contribution < -0.4 is 0 Å². The molecular weight excluding hydrogens is 250 g/mol. The van der Waals surface area contributed by atoms with Crippen LogP contribution in [-0.2, 0) is 11.2 Å². The van der Waals surface area contributed by atoms with Gasteiger partial charge in [-0.1, -0.05) is 44.2 Å². The summed E-state index contributed by atoms with van der Waals surface area (Å²) < 4.78 is 0. The molecule has 0 aliphatic carbocycles. The van der Waals surface area contributed by atoms with Gasteiger partial charge in [-0.15, -0.1) is 0 Å². The van der Waals surface area contributed by atoms with Crippen molar-refractivity contribution < 1.29 is 9.90 Å². The Morgan fingerprint density at radius 2 is 2.05 bits per heavy atom. The predicted molar refractivity (Wildman–Crippen MR) is 80.7 cm³/mol. The van der Waals surface area contributed by atoms with Gasteiger partial charge in [-0.2, -0.15) is 0 Å². The van der Waals surface area contributed by atoms with Crippen LogP contribution in [0, 0.1) is 11.8 Å². The van der Waals surface area contributed by atoms with Crippen molar-refractivity contribution >= 4 is 5.97 Å². The summed E-state index contributed by atoms with van der Waals surface area (Å²) in [5, 5.41) is 9.24. The van der Waals surface area contributed by atoms with Crippen molar-refractivity contribution in [3.63, 3.8) is 0 Å². The molecule has 0 aromatic heterocycles. The van der Waals surface area contributed by atoms with Crippen LogP contribution in [0.2, 0.25) is 0 Å². The molecule has 1 aliphatic rings. The molecule has 3 nitrogen and oxygen atoms in total. The van der Waals surface area contributed by atoms with E-state index in [4.69, 9.17) is 0 Å². The minimum absolute atomic E-state index is 0.194. The molecule has 1 N–H and O–H groups in total. The largest absolute Gasteiger partial charge is 0.481 e. The monoisotopic (exact) mass is 275 g/mol. The molecule has 1 aromatic carbocycles. The zero-order valence-corrected chi connectivity index (χ0v) is 12.5. The number of likely N-dealkylation sites (tertiary alicyclic amines) is 1. The summed E-state index contributed by atoms with van der Waals surface area (Å²) in [6, 6.07) is 10.9. The van der Waals surface area contributed by atoms with E-state index in [-0.39, 0.29) is 5.92 Å². The van der Waals surface area contributed by atoms with Crippen LogP contribution in [0.1, 0.15) is 32.3 Å². The van der Waals surface area contributed by atoms with E-state index in [1.807, 2.05) is 6.07 Å². The summed E-state index contributed by atoms with van der Waals surface area (Å²) in [7, 11) is 0. The first-order chi connectivity index (χ1) is 9.58. The molecule has 1 fully saturated rings. The van der Waals surface area contributed by atoms with E-state index >= 15 is 0 Å². The van der Waals surface area contributed by atoms with Crippen molar-refractivity contribution in [3.8, 4) is 0 Å². The Morgan fingerprint density at radius 3 is 2.65 bits per heavy atom. The summed E-state index contributed by atoms with van der Waals surface area (Å²) in [4.78, 5) is 13.6. The van der Waals surface area contributed by atoms with Crippen LogP contribution in [0.5, 0.6) is 0 Å². The predicted octanol–water partition coefficient (Wildman–Crippen LogP) is 3.05. The fraction of sp³-hybridized carbons (Fsp3) is 0.588. The van der Waals surface area contributed by atoms with Crippen molar-refractivity contribution in [3.05, 3.63) is 35.9 Å². The lowest BCUT2D eigenvalue weighted by atomic mass is 9.90. The quantitative estimate of drug-likeness (QED) is 0.898. The minimum Gasteiger partial charge on any atom is -0.481 e. The first-order valence-electron chi connectivity index (χ1n) is 7.58. The second kappa shape index (κ2) is 6.89. The van der Waals surface area contributed by atoms with Crippen molar-refractivity contribution in [2.75, 3.05) is 13.1 Å². The van der Waals surface area contributed by atoms with E-state index < -0.39 is 5.97 Å². The van der Waals surface area contributed by atoms with Gasteiger partial charge in [0.1, 0.15) is 0 Å². The Hall–Kier alpha value is -1.35. The zero-order chi connectivity index (χ0) is 14.5. The number of carboxylic acid groups (broad SMARTS) is 1. The number of rotatable bonds is 5. The molecular formula is C17H25NO2. The number of benzene rings is 1. The van der Waals surface area contributed by atoms with Crippen LogP contribution in [0.15, 0.2) is 30.3 Å². The lowest BCUT2D eigenvalue weighted by Gasteiger charge is -2.39. The van der Waals surface area contributed by atoms with Crippen LogP contribution >= 0.6 is 0 Å². The van der Waals surface area contributed by atoms with Gasteiger partial charge in [0.05, 0.1) is 5.92 Å². The number of hydrogen-bond acceptors (Lipinski definition) is 2. The molecule has 1 saturated heterocycles. The summed E-state index contributed by atoms with van der Waals surface area (Å²) in [6.45, 7) is 6.19. The number of carbonyl (C=O) groups is 1. The third-order valence-corrected chi connectivity index (χ3v) is 4.33. The summed E-state index contributed by atoms with van der Waals surface area (Å²) in [5.74, 6) is -0.305. The van der Waals surface area contributed by atoms with Crippen molar-refractivity contribution in [2.24, 2.45) is 11.8 Å². The van der Waals surface area contributed by atoms with Gasteiger partial charge >= 0.3 is 5.97 Å². The van der Waals surface area contributed by atoms with E-state index in [1.54, 1.807) is 0 Å². The Balaban J connectivity index is 2.06. The van der Waals surface area contributed by atoms with Gasteiger partial charge in [-0.3, -0.25) is 9.69 Å². The Morgan fingerprint density at radius 1 is 1.35 bits per heavy atom. The smallest absolute Gasteiger partial charge is 0.307 e. The second-order valence-electron chi connectivity index (χ2n) is 6.17. The molecule has 1 aromatic rings. The highest BCUT2D eigenvalue weighted by molar-refractivity contribution is 5.70. The van der Waals surface area contributed by atoms with Gasteiger partial charge < -0.3 is 5.11 Å². The van der Waals surface area contributed by atoms with E-state index in [2.05, 4.69) is 43.0 Å². The van der Waals surface area contributed by atoms with Crippen molar-refractivity contribution in [1.82, 2.24) is 4.90 Å². The second-order valence-corrected chi connectivity index (χ2v) is 6.17. The Bertz CT molecular complexity index is 430. The maximum atomic E-state index is 11.2. The number of aliphatic carboxylic acids is 1. The van der Waals surface area contributed by atoms with Gasteiger partial charge in [0.15, 0.2) is 0 Å². The normalized spacial score (nSPS) is 21.9. The van der Waals surface area contributed by atoms with Gasteiger partial charge in [0, 0.05) is 12.6 Å². The standard InChI is InChI=1S/C17H25NO2/c1-13(2)16(11-14-7-4-3-5-8-14)18-10-6-9-15(12-18)17(19)20/h3-5,7-8,13,15-16H,6,9-12H2,1-2H3,(H,19,20). The molecule has 0 amide bonds. The molecule has 2 atom stereocenters. The molecule has 2 unspecified atom stereocenters. The Labute approximate surface area is 121 Å². The average molecular weight is 275 g/mol. The van der Waals surface area contributed by atoms with Gasteiger partial charge in [-0.25, -0.2) is 0 Å². The van der Waals surface area contributed by atoms with Crippen LogP contribution in [0.3, 0.4) is 0 Å². The third kappa shape index (κ3) is 3.83. The fourth-order valence-electron chi connectivity index (χ4n) is 3.15. The lowest BCUT2D eigenvalue weighted by molar-refractivity contribution is -0.144. The highest BCUT2D eigenvalue weighted by Crippen LogP contribution is 2.24. The van der Waals surface area contributed by atoms with Gasteiger partial charge in [-0.05, 0) is 37.3 Å². The average Bonchev–Trinajstić information content (AvgIpc) is 2.45. The molecule has 110 valence electrons. The summed E-state index contributed by atoms with van der Waals surface area (Å²) in [5.41, 5.74) is 1.34. The van der Waals surface area contributed by atoms with Gasteiger partial charge in [0.2, 0.25) is 0 Å².